The maximum Gasteiger partial charge on any atom is 0.251 e. The number of fused-ring (bicyclic) bond motifs is 1. The van der Waals surface area contributed by atoms with Crippen LogP contribution < -0.4 is 19.5 Å². The molecule has 0 fully saturated rings. The molecule has 6 nitrogen and oxygen atoms in total. The van der Waals surface area contributed by atoms with Gasteiger partial charge in [0.2, 0.25) is 6.79 Å². The fraction of sp³-hybridized carbons (Fsp3) is 0.409. The normalized spacial score (nSPS) is 12.1. The topological polar surface area (TPSA) is 66.0 Å². The number of amides is 1. The third-order valence-corrected chi connectivity index (χ3v) is 4.41. The van der Waals surface area contributed by atoms with E-state index in [1.54, 1.807) is 6.07 Å². The number of hydrogen-bond acceptors (Lipinski definition) is 5. The monoisotopic (exact) mass is 385 g/mol. The van der Waals surface area contributed by atoms with Crippen LogP contribution >= 0.6 is 0 Å². The van der Waals surface area contributed by atoms with E-state index in [2.05, 4.69) is 12.2 Å². The smallest absolute Gasteiger partial charge is 0.251 e. The van der Waals surface area contributed by atoms with Gasteiger partial charge in [0.15, 0.2) is 11.5 Å². The highest BCUT2D eigenvalue weighted by Gasteiger charge is 2.14. The van der Waals surface area contributed by atoms with Crippen LogP contribution in [-0.4, -0.2) is 25.9 Å². The summed E-state index contributed by atoms with van der Waals surface area (Å²) >= 11 is 0. The highest BCUT2D eigenvalue weighted by Crippen LogP contribution is 2.32. The SMILES string of the molecule is CCCCOCc1cc(C(=O)NCc2ccc3c(c2)OCO3)ccc1OCC. The Labute approximate surface area is 165 Å². The van der Waals surface area contributed by atoms with Crippen LogP contribution in [0.2, 0.25) is 0 Å². The van der Waals surface area contributed by atoms with Gasteiger partial charge >= 0.3 is 0 Å². The summed E-state index contributed by atoms with van der Waals surface area (Å²) in [7, 11) is 0. The highest BCUT2D eigenvalue weighted by molar-refractivity contribution is 5.94. The summed E-state index contributed by atoms with van der Waals surface area (Å²) in [5, 5.41) is 2.94. The van der Waals surface area contributed by atoms with Crippen molar-refractivity contribution in [2.45, 2.75) is 39.8 Å². The summed E-state index contributed by atoms with van der Waals surface area (Å²) in [5.74, 6) is 2.05. The van der Waals surface area contributed by atoms with Crippen molar-refractivity contribution in [1.29, 1.82) is 0 Å². The molecule has 2 aromatic rings. The zero-order valence-electron chi connectivity index (χ0n) is 16.5. The second-order valence-corrected chi connectivity index (χ2v) is 6.53. The summed E-state index contributed by atoms with van der Waals surface area (Å²) in [6.07, 6.45) is 2.10. The average molecular weight is 385 g/mol. The highest BCUT2D eigenvalue weighted by atomic mass is 16.7. The van der Waals surface area contributed by atoms with E-state index in [0.29, 0.717) is 37.7 Å². The number of hydrogen-bond donors (Lipinski definition) is 1. The third kappa shape index (κ3) is 5.16. The van der Waals surface area contributed by atoms with Crippen molar-refractivity contribution in [2.75, 3.05) is 20.0 Å². The zero-order valence-corrected chi connectivity index (χ0v) is 16.5. The first-order valence-corrected chi connectivity index (χ1v) is 9.71. The molecule has 1 heterocycles. The van der Waals surface area contributed by atoms with E-state index in [9.17, 15) is 4.79 Å². The Hall–Kier alpha value is -2.73. The Bertz CT molecular complexity index is 806. The molecule has 0 aromatic heterocycles. The Morgan fingerprint density at radius 3 is 2.79 bits per heavy atom. The van der Waals surface area contributed by atoms with Crippen molar-refractivity contribution < 1.29 is 23.7 Å². The average Bonchev–Trinajstić information content (AvgIpc) is 3.18. The van der Waals surface area contributed by atoms with E-state index in [1.807, 2.05) is 37.3 Å². The van der Waals surface area contributed by atoms with Gasteiger partial charge in [0, 0.05) is 24.3 Å². The Morgan fingerprint density at radius 2 is 1.96 bits per heavy atom. The minimum absolute atomic E-state index is 0.143. The predicted octanol–water partition coefficient (Wildman–Crippen LogP) is 4.06. The first kappa shape index (κ1) is 20.0. The van der Waals surface area contributed by atoms with E-state index >= 15 is 0 Å². The lowest BCUT2D eigenvalue weighted by Gasteiger charge is -2.13. The quantitative estimate of drug-likeness (QED) is 0.625. The second kappa shape index (κ2) is 9.99. The Balaban J connectivity index is 1.63. The van der Waals surface area contributed by atoms with Crippen LogP contribution in [0.25, 0.3) is 0 Å². The van der Waals surface area contributed by atoms with Crippen LogP contribution in [0, 0.1) is 0 Å². The maximum atomic E-state index is 12.6. The number of unbranched alkanes of at least 4 members (excludes halogenated alkanes) is 1. The van der Waals surface area contributed by atoms with Gasteiger partial charge in [-0.1, -0.05) is 19.4 Å². The molecule has 2 aromatic carbocycles. The van der Waals surface area contributed by atoms with Crippen LogP contribution in [0.3, 0.4) is 0 Å². The van der Waals surface area contributed by atoms with Crippen molar-refractivity contribution >= 4 is 5.91 Å². The Morgan fingerprint density at radius 1 is 1.11 bits per heavy atom. The number of carbonyl (C=O) groups is 1. The van der Waals surface area contributed by atoms with Gasteiger partial charge < -0.3 is 24.3 Å². The largest absolute Gasteiger partial charge is 0.494 e. The molecule has 1 aliphatic heterocycles. The zero-order chi connectivity index (χ0) is 19.8. The molecule has 0 bridgehead atoms. The van der Waals surface area contributed by atoms with Crippen molar-refractivity contribution in [1.82, 2.24) is 5.32 Å². The molecular formula is C22H27NO5. The van der Waals surface area contributed by atoms with Crippen LogP contribution in [0.5, 0.6) is 17.2 Å². The summed E-state index contributed by atoms with van der Waals surface area (Å²) in [4.78, 5) is 12.6. The molecule has 0 aliphatic carbocycles. The van der Waals surface area contributed by atoms with Gasteiger partial charge in [0.05, 0.1) is 13.2 Å². The van der Waals surface area contributed by atoms with E-state index in [0.717, 1.165) is 35.5 Å². The van der Waals surface area contributed by atoms with E-state index < -0.39 is 0 Å². The molecule has 0 radical (unpaired) electrons. The van der Waals surface area contributed by atoms with Gasteiger partial charge in [0.25, 0.3) is 5.91 Å². The minimum atomic E-state index is -0.143. The van der Waals surface area contributed by atoms with Crippen molar-refractivity contribution in [2.24, 2.45) is 0 Å². The number of carbonyl (C=O) groups excluding carboxylic acids is 1. The molecule has 0 spiro atoms. The van der Waals surface area contributed by atoms with Crippen molar-refractivity contribution in [3.05, 3.63) is 53.1 Å². The Kier molecular flexibility index (Phi) is 7.14. The van der Waals surface area contributed by atoms with Crippen LogP contribution in [0.15, 0.2) is 36.4 Å². The summed E-state index contributed by atoms with van der Waals surface area (Å²) < 4.78 is 22.1. The first-order chi connectivity index (χ1) is 13.7. The molecule has 0 unspecified atom stereocenters. The van der Waals surface area contributed by atoms with Gasteiger partial charge in [-0.05, 0) is 49.2 Å². The van der Waals surface area contributed by atoms with Gasteiger partial charge in [-0.25, -0.2) is 0 Å². The molecule has 1 amide bonds. The summed E-state index contributed by atoms with van der Waals surface area (Å²) in [6.45, 7) is 6.40. The molecule has 28 heavy (non-hydrogen) atoms. The molecule has 3 rings (SSSR count). The minimum Gasteiger partial charge on any atom is -0.494 e. The standard InChI is InChI=1S/C22H27NO5/c1-3-5-10-25-14-18-12-17(7-9-19(18)26-4-2)22(24)23-13-16-6-8-20-21(11-16)28-15-27-20/h6-9,11-12H,3-5,10,13-15H2,1-2H3,(H,23,24). The number of rotatable bonds is 10. The van der Waals surface area contributed by atoms with Crippen LogP contribution in [-0.2, 0) is 17.9 Å². The number of benzene rings is 2. The molecule has 1 aliphatic rings. The summed E-state index contributed by atoms with van der Waals surface area (Å²) in [6, 6.07) is 11.1. The van der Waals surface area contributed by atoms with E-state index in [4.69, 9.17) is 18.9 Å². The van der Waals surface area contributed by atoms with Crippen molar-refractivity contribution in [3.63, 3.8) is 0 Å². The fourth-order valence-corrected chi connectivity index (χ4v) is 2.89. The maximum absolute atomic E-state index is 12.6. The summed E-state index contributed by atoms with van der Waals surface area (Å²) in [5.41, 5.74) is 2.42. The van der Waals surface area contributed by atoms with Gasteiger partial charge in [-0.15, -0.1) is 0 Å². The van der Waals surface area contributed by atoms with Crippen LogP contribution in [0.4, 0.5) is 0 Å². The molecule has 1 N–H and O–H groups in total. The van der Waals surface area contributed by atoms with Crippen molar-refractivity contribution in [3.8, 4) is 17.2 Å². The molecule has 150 valence electrons. The molecule has 0 saturated heterocycles. The van der Waals surface area contributed by atoms with Gasteiger partial charge in [0.1, 0.15) is 5.75 Å². The molecular weight excluding hydrogens is 358 g/mol. The number of nitrogens with one attached hydrogen (secondary N) is 1. The molecule has 6 heteroatoms. The van der Waals surface area contributed by atoms with E-state index in [-0.39, 0.29) is 12.7 Å². The van der Waals surface area contributed by atoms with Gasteiger partial charge in [-0.3, -0.25) is 4.79 Å². The third-order valence-electron chi connectivity index (χ3n) is 4.41. The molecule has 0 atom stereocenters. The molecule has 0 saturated carbocycles. The lowest BCUT2D eigenvalue weighted by Crippen LogP contribution is -2.23. The second-order valence-electron chi connectivity index (χ2n) is 6.53. The van der Waals surface area contributed by atoms with E-state index in [1.165, 1.54) is 0 Å². The fourth-order valence-electron chi connectivity index (χ4n) is 2.89. The first-order valence-electron chi connectivity index (χ1n) is 9.71. The lowest BCUT2D eigenvalue weighted by molar-refractivity contribution is 0.0949. The lowest BCUT2D eigenvalue weighted by atomic mass is 10.1. The van der Waals surface area contributed by atoms with Crippen LogP contribution in [0.1, 0.15) is 48.2 Å². The number of ether oxygens (including phenoxy) is 4. The predicted molar refractivity (Wildman–Crippen MR) is 106 cm³/mol. The van der Waals surface area contributed by atoms with Gasteiger partial charge in [-0.2, -0.15) is 0 Å².